The topological polar surface area (TPSA) is 35.2 Å². The molecule has 2 nitrogen and oxygen atoms in total. The maximum Gasteiger partial charge on any atom is 0.166 e. The minimum atomic E-state index is -0.683. The zero-order valence-electron chi connectivity index (χ0n) is 8.40. The normalized spacial score (nSPS) is 11.6. The molecule has 0 spiro atoms. The number of halogens is 2. The highest BCUT2D eigenvalue weighted by Gasteiger charge is 2.22. The lowest BCUT2D eigenvalue weighted by molar-refractivity contribution is 0.368. The molecule has 0 aliphatic heterocycles. The van der Waals surface area contributed by atoms with Crippen LogP contribution in [0.3, 0.4) is 0 Å². The van der Waals surface area contributed by atoms with E-state index in [9.17, 15) is 4.39 Å². The van der Waals surface area contributed by atoms with Crippen LogP contribution in [0.15, 0.2) is 12.1 Å². The van der Waals surface area contributed by atoms with E-state index in [-0.39, 0.29) is 5.75 Å². The number of benzene rings is 1. The monoisotopic (exact) mass is 217 g/mol. The van der Waals surface area contributed by atoms with E-state index in [0.29, 0.717) is 10.6 Å². The number of rotatable bonds is 2. The highest BCUT2D eigenvalue weighted by Crippen LogP contribution is 2.33. The Morgan fingerprint density at radius 2 is 2.00 bits per heavy atom. The Bertz CT molecular complexity index is 347. The summed E-state index contributed by atoms with van der Waals surface area (Å²) in [6.07, 6.45) is 0. The molecule has 0 saturated carbocycles. The average Bonchev–Trinajstić information content (AvgIpc) is 2.01. The van der Waals surface area contributed by atoms with Crippen molar-refractivity contribution in [3.63, 3.8) is 0 Å². The van der Waals surface area contributed by atoms with E-state index in [0.717, 1.165) is 0 Å². The van der Waals surface area contributed by atoms with Crippen LogP contribution in [0.1, 0.15) is 19.4 Å². The summed E-state index contributed by atoms with van der Waals surface area (Å²) in [7, 11) is 1.40. The van der Waals surface area contributed by atoms with Crippen molar-refractivity contribution in [2.45, 2.75) is 19.4 Å². The lowest BCUT2D eigenvalue weighted by Gasteiger charge is -2.22. The minimum Gasteiger partial charge on any atom is -0.493 e. The zero-order valence-corrected chi connectivity index (χ0v) is 9.15. The summed E-state index contributed by atoms with van der Waals surface area (Å²) in [4.78, 5) is 0. The Kier molecular flexibility index (Phi) is 3.02. The van der Waals surface area contributed by atoms with E-state index < -0.39 is 11.4 Å². The lowest BCUT2D eigenvalue weighted by Crippen LogP contribution is -2.29. The Hall–Kier alpha value is -0.800. The molecule has 0 radical (unpaired) electrons. The molecule has 1 aromatic carbocycles. The third kappa shape index (κ3) is 2.16. The number of nitrogens with two attached hydrogens (primary N) is 1. The van der Waals surface area contributed by atoms with Gasteiger partial charge in [0, 0.05) is 16.1 Å². The number of methoxy groups -OCH3 is 1. The summed E-state index contributed by atoms with van der Waals surface area (Å²) < 4.78 is 18.3. The number of hydrogen-bond acceptors (Lipinski definition) is 2. The molecular weight excluding hydrogens is 205 g/mol. The molecule has 0 heterocycles. The van der Waals surface area contributed by atoms with Crippen molar-refractivity contribution in [3.05, 3.63) is 28.5 Å². The third-order valence-electron chi connectivity index (χ3n) is 1.91. The molecule has 78 valence electrons. The molecule has 0 aliphatic rings. The highest BCUT2D eigenvalue weighted by atomic mass is 35.5. The van der Waals surface area contributed by atoms with Crippen molar-refractivity contribution in [3.8, 4) is 5.75 Å². The highest BCUT2D eigenvalue weighted by molar-refractivity contribution is 6.30. The van der Waals surface area contributed by atoms with E-state index in [4.69, 9.17) is 22.1 Å². The fraction of sp³-hybridized carbons (Fsp3) is 0.400. The molecule has 0 aliphatic carbocycles. The van der Waals surface area contributed by atoms with Crippen molar-refractivity contribution >= 4 is 11.6 Å². The quantitative estimate of drug-likeness (QED) is 0.827. The van der Waals surface area contributed by atoms with Crippen molar-refractivity contribution < 1.29 is 9.13 Å². The molecule has 2 N–H and O–H groups in total. The van der Waals surface area contributed by atoms with Gasteiger partial charge in [-0.3, -0.25) is 0 Å². The summed E-state index contributed by atoms with van der Waals surface area (Å²) in [5.41, 5.74) is 5.74. The molecule has 0 atom stereocenters. The van der Waals surface area contributed by atoms with Gasteiger partial charge in [-0.25, -0.2) is 4.39 Å². The number of hydrogen-bond donors (Lipinski definition) is 1. The lowest BCUT2D eigenvalue weighted by atomic mass is 9.94. The summed E-state index contributed by atoms with van der Waals surface area (Å²) in [5, 5.41) is 0.317. The van der Waals surface area contributed by atoms with Crippen molar-refractivity contribution in [2.75, 3.05) is 7.11 Å². The van der Waals surface area contributed by atoms with Crippen molar-refractivity contribution in [1.82, 2.24) is 0 Å². The predicted octanol–water partition coefficient (Wildman–Crippen LogP) is 2.68. The summed E-state index contributed by atoms with van der Waals surface area (Å²) >= 11 is 5.73. The van der Waals surface area contributed by atoms with Crippen molar-refractivity contribution in [2.24, 2.45) is 5.73 Å². The molecule has 4 heteroatoms. The summed E-state index contributed by atoms with van der Waals surface area (Å²) in [5.74, 6) is -0.338. The molecule has 0 saturated heterocycles. The van der Waals surface area contributed by atoms with Gasteiger partial charge in [-0.15, -0.1) is 0 Å². The summed E-state index contributed by atoms with van der Waals surface area (Å²) in [6, 6.07) is 2.82. The molecule has 1 rings (SSSR count). The summed E-state index contributed by atoms with van der Waals surface area (Å²) in [6.45, 7) is 3.53. The zero-order chi connectivity index (χ0) is 10.9. The van der Waals surface area contributed by atoms with E-state index in [2.05, 4.69) is 0 Å². The fourth-order valence-electron chi connectivity index (χ4n) is 1.25. The van der Waals surface area contributed by atoms with Crippen LogP contribution >= 0.6 is 11.6 Å². The fourth-order valence-corrected chi connectivity index (χ4v) is 1.45. The second-order valence-electron chi connectivity index (χ2n) is 3.69. The van der Waals surface area contributed by atoms with Crippen LogP contribution in [0.25, 0.3) is 0 Å². The van der Waals surface area contributed by atoms with Gasteiger partial charge in [0.05, 0.1) is 7.11 Å². The van der Waals surface area contributed by atoms with Crippen LogP contribution in [-0.4, -0.2) is 7.11 Å². The van der Waals surface area contributed by atoms with E-state index in [1.54, 1.807) is 19.9 Å². The van der Waals surface area contributed by atoms with E-state index >= 15 is 0 Å². The molecule has 0 amide bonds. The molecule has 0 aromatic heterocycles. The van der Waals surface area contributed by atoms with Crippen LogP contribution < -0.4 is 10.5 Å². The van der Waals surface area contributed by atoms with Crippen LogP contribution in [-0.2, 0) is 5.54 Å². The molecule has 0 unspecified atom stereocenters. The first kappa shape index (κ1) is 11.3. The Labute approximate surface area is 87.8 Å². The molecule has 0 fully saturated rings. The Morgan fingerprint density at radius 3 is 2.43 bits per heavy atom. The number of ether oxygens (including phenoxy) is 1. The molecular formula is C10H13ClFNO. The Morgan fingerprint density at radius 1 is 1.43 bits per heavy atom. The van der Waals surface area contributed by atoms with Crippen LogP contribution in [0, 0.1) is 5.82 Å². The SMILES string of the molecule is COc1c(F)cc(Cl)cc1C(C)(C)N. The van der Waals surface area contributed by atoms with Gasteiger partial charge in [-0.05, 0) is 26.0 Å². The third-order valence-corrected chi connectivity index (χ3v) is 2.12. The van der Waals surface area contributed by atoms with Crippen LogP contribution in [0.4, 0.5) is 4.39 Å². The van der Waals surface area contributed by atoms with E-state index in [1.165, 1.54) is 13.2 Å². The molecule has 1 aromatic rings. The van der Waals surface area contributed by atoms with Gasteiger partial charge in [0.15, 0.2) is 11.6 Å². The maximum atomic E-state index is 13.4. The van der Waals surface area contributed by atoms with Gasteiger partial charge >= 0.3 is 0 Å². The van der Waals surface area contributed by atoms with E-state index in [1.807, 2.05) is 0 Å². The first-order valence-corrected chi connectivity index (χ1v) is 4.56. The second kappa shape index (κ2) is 3.75. The second-order valence-corrected chi connectivity index (χ2v) is 4.13. The Balaban J connectivity index is 3.40. The average molecular weight is 218 g/mol. The standard InChI is InChI=1S/C10H13ClFNO/c1-10(2,13)7-4-6(11)5-8(12)9(7)14-3/h4-5H,13H2,1-3H3. The van der Waals surface area contributed by atoms with Gasteiger partial charge in [0.2, 0.25) is 0 Å². The van der Waals surface area contributed by atoms with Gasteiger partial charge in [0.25, 0.3) is 0 Å². The van der Waals surface area contributed by atoms with Gasteiger partial charge in [-0.2, -0.15) is 0 Å². The largest absolute Gasteiger partial charge is 0.493 e. The van der Waals surface area contributed by atoms with Crippen LogP contribution in [0.5, 0.6) is 5.75 Å². The van der Waals surface area contributed by atoms with Gasteiger partial charge < -0.3 is 10.5 Å². The first-order valence-electron chi connectivity index (χ1n) is 4.18. The smallest absolute Gasteiger partial charge is 0.166 e. The molecule has 14 heavy (non-hydrogen) atoms. The van der Waals surface area contributed by atoms with Crippen LogP contribution in [0.2, 0.25) is 5.02 Å². The van der Waals surface area contributed by atoms with Gasteiger partial charge in [-0.1, -0.05) is 11.6 Å². The first-order chi connectivity index (χ1) is 6.36. The van der Waals surface area contributed by atoms with Crippen molar-refractivity contribution in [1.29, 1.82) is 0 Å². The minimum absolute atomic E-state index is 0.155. The van der Waals surface area contributed by atoms with Gasteiger partial charge in [0.1, 0.15) is 0 Å². The maximum absolute atomic E-state index is 13.4. The predicted molar refractivity (Wildman–Crippen MR) is 55.2 cm³/mol. The molecule has 0 bridgehead atoms.